The molecule has 0 spiro atoms. The smallest absolute Gasteiger partial charge is 0.257 e. The Morgan fingerprint density at radius 3 is 2.85 bits per heavy atom. The zero-order valence-corrected chi connectivity index (χ0v) is 11.7. The topological polar surface area (TPSA) is 46.3 Å². The van der Waals surface area contributed by atoms with Crippen molar-refractivity contribution in [2.75, 3.05) is 12.3 Å². The summed E-state index contributed by atoms with van der Waals surface area (Å²) in [7, 11) is 0. The van der Waals surface area contributed by atoms with Crippen molar-refractivity contribution in [3.05, 3.63) is 29.3 Å². The molecule has 1 aliphatic heterocycles. The number of amides is 1. The van der Waals surface area contributed by atoms with Crippen LogP contribution in [0.25, 0.3) is 0 Å². The molecule has 1 aromatic carbocycles. The first kappa shape index (κ1) is 14.8. The highest BCUT2D eigenvalue weighted by molar-refractivity contribution is 5.95. The van der Waals surface area contributed by atoms with Crippen molar-refractivity contribution in [3.8, 4) is 0 Å². The number of hydrogen-bond donors (Lipinski definition) is 1. The number of nitrogens with two attached hydrogens (primary N) is 1. The minimum atomic E-state index is -0.822. The van der Waals surface area contributed by atoms with Gasteiger partial charge in [-0.05, 0) is 37.8 Å². The highest BCUT2D eigenvalue weighted by atomic mass is 19.1. The quantitative estimate of drug-likeness (QED) is 0.864. The lowest BCUT2D eigenvalue weighted by atomic mass is 9.97. The Balaban J connectivity index is 2.29. The monoisotopic (exact) mass is 282 g/mol. The molecule has 0 radical (unpaired) electrons. The van der Waals surface area contributed by atoms with Gasteiger partial charge in [-0.3, -0.25) is 4.79 Å². The zero-order valence-electron chi connectivity index (χ0n) is 11.7. The lowest BCUT2D eigenvalue weighted by molar-refractivity contribution is 0.0595. The first-order valence-corrected chi connectivity index (χ1v) is 7.10. The fourth-order valence-corrected chi connectivity index (χ4v) is 2.82. The van der Waals surface area contributed by atoms with Gasteiger partial charge in [0.05, 0.1) is 11.3 Å². The maximum Gasteiger partial charge on any atom is 0.257 e. The Labute approximate surface area is 117 Å². The van der Waals surface area contributed by atoms with Crippen LogP contribution in [0.2, 0.25) is 0 Å². The van der Waals surface area contributed by atoms with E-state index in [4.69, 9.17) is 5.73 Å². The minimum Gasteiger partial charge on any atom is -0.396 e. The Kier molecular flexibility index (Phi) is 4.57. The van der Waals surface area contributed by atoms with E-state index in [-0.39, 0.29) is 17.3 Å². The van der Waals surface area contributed by atoms with Gasteiger partial charge in [0.2, 0.25) is 0 Å². The summed E-state index contributed by atoms with van der Waals surface area (Å²) < 4.78 is 27.3. The van der Waals surface area contributed by atoms with Crippen LogP contribution in [-0.2, 0) is 0 Å². The van der Waals surface area contributed by atoms with Gasteiger partial charge in [0.15, 0.2) is 5.82 Å². The lowest BCUT2D eigenvalue weighted by Crippen LogP contribution is -2.44. The first-order chi connectivity index (χ1) is 9.54. The second-order valence-corrected chi connectivity index (χ2v) is 5.29. The molecule has 0 saturated carbocycles. The number of carbonyl (C=O) groups is 1. The Hall–Kier alpha value is -1.65. The summed E-state index contributed by atoms with van der Waals surface area (Å²) in [6.45, 7) is 2.65. The second kappa shape index (κ2) is 6.20. The number of piperidine rings is 1. The van der Waals surface area contributed by atoms with Crippen molar-refractivity contribution < 1.29 is 13.6 Å². The molecule has 5 heteroatoms. The van der Waals surface area contributed by atoms with Crippen molar-refractivity contribution in [1.82, 2.24) is 4.90 Å². The normalized spacial score (nSPS) is 19.1. The molecule has 1 atom stereocenters. The predicted octanol–water partition coefficient (Wildman–Crippen LogP) is 3.34. The van der Waals surface area contributed by atoms with Crippen molar-refractivity contribution in [2.24, 2.45) is 0 Å². The molecule has 1 heterocycles. The summed E-state index contributed by atoms with van der Waals surface area (Å²) in [5, 5.41) is 0. The van der Waals surface area contributed by atoms with Crippen LogP contribution in [0.1, 0.15) is 49.4 Å². The maximum atomic E-state index is 14.0. The summed E-state index contributed by atoms with van der Waals surface area (Å²) in [4.78, 5) is 14.1. The van der Waals surface area contributed by atoms with E-state index in [1.54, 1.807) is 4.90 Å². The van der Waals surface area contributed by atoms with Crippen molar-refractivity contribution >= 4 is 11.6 Å². The van der Waals surface area contributed by atoms with E-state index < -0.39 is 17.5 Å². The Bertz CT molecular complexity index is 503. The largest absolute Gasteiger partial charge is 0.396 e. The van der Waals surface area contributed by atoms with E-state index in [9.17, 15) is 13.6 Å². The van der Waals surface area contributed by atoms with Crippen LogP contribution < -0.4 is 5.73 Å². The van der Waals surface area contributed by atoms with Crippen LogP contribution in [0.3, 0.4) is 0 Å². The fourth-order valence-electron chi connectivity index (χ4n) is 2.82. The number of carbonyl (C=O) groups excluding carboxylic acids is 1. The number of likely N-dealkylation sites (tertiary alicyclic amines) is 1. The fraction of sp³-hybridized carbons (Fsp3) is 0.533. The van der Waals surface area contributed by atoms with Gasteiger partial charge in [-0.1, -0.05) is 13.3 Å². The highest BCUT2D eigenvalue weighted by Crippen LogP contribution is 2.25. The molecule has 0 aliphatic carbocycles. The summed E-state index contributed by atoms with van der Waals surface area (Å²) in [6.07, 6.45) is 4.74. The molecule has 1 aromatic rings. The van der Waals surface area contributed by atoms with E-state index in [0.29, 0.717) is 6.54 Å². The molecule has 0 bridgehead atoms. The molecular formula is C15H20F2N2O. The lowest BCUT2D eigenvalue weighted by Gasteiger charge is -2.36. The summed E-state index contributed by atoms with van der Waals surface area (Å²) in [5.74, 6) is -1.96. The highest BCUT2D eigenvalue weighted by Gasteiger charge is 2.29. The number of rotatable bonds is 3. The van der Waals surface area contributed by atoms with Gasteiger partial charge in [0.1, 0.15) is 5.82 Å². The van der Waals surface area contributed by atoms with E-state index in [2.05, 4.69) is 6.92 Å². The minimum absolute atomic E-state index is 0.116. The molecule has 3 nitrogen and oxygen atoms in total. The SMILES string of the molecule is CCCC1CCCCN1C(=O)c1cc(F)cc(N)c1F. The molecule has 1 unspecified atom stereocenters. The number of halogens is 2. The molecule has 110 valence electrons. The van der Waals surface area contributed by atoms with Crippen LogP contribution in [0, 0.1) is 11.6 Å². The Morgan fingerprint density at radius 2 is 2.15 bits per heavy atom. The standard InChI is InChI=1S/C15H20F2N2O/c1-2-5-11-6-3-4-7-19(11)15(20)12-8-10(16)9-13(18)14(12)17/h8-9,11H,2-7,18H2,1H3. The maximum absolute atomic E-state index is 14.0. The third kappa shape index (κ3) is 2.92. The van der Waals surface area contributed by atoms with Gasteiger partial charge in [-0.25, -0.2) is 8.78 Å². The molecule has 1 aliphatic rings. The number of anilines is 1. The third-order valence-electron chi connectivity index (χ3n) is 3.81. The number of benzene rings is 1. The average molecular weight is 282 g/mol. The van der Waals surface area contributed by atoms with Gasteiger partial charge in [-0.2, -0.15) is 0 Å². The molecule has 20 heavy (non-hydrogen) atoms. The van der Waals surface area contributed by atoms with E-state index in [0.717, 1.165) is 44.2 Å². The summed E-state index contributed by atoms with van der Waals surface area (Å²) in [6, 6.07) is 1.95. The molecular weight excluding hydrogens is 262 g/mol. The average Bonchev–Trinajstić information content (AvgIpc) is 2.43. The second-order valence-electron chi connectivity index (χ2n) is 5.29. The van der Waals surface area contributed by atoms with Gasteiger partial charge < -0.3 is 10.6 Å². The molecule has 2 rings (SSSR count). The number of hydrogen-bond acceptors (Lipinski definition) is 2. The van der Waals surface area contributed by atoms with E-state index in [1.165, 1.54) is 0 Å². The van der Waals surface area contributed by atoms with Crippen molar-refractivity contribution in [2.45, 2.75) is 45.1 Å². The van der Waals surface area contributed by atoms with Gasteiger partial charge in [0.25, 0.3) is 5.91 Å². The molecule has 1 saturated heterocycles. The molecule has 1 fully saturated rings. The van der Waals surface area contributed by atoms with Crippen LogP contribution in [0.5, 0.6) is 0 Å². The summed E-state index contributed by atoms with van der Waals surface area (Å²) >= 11 is 0. The van der Waals surface area contributed by atoms with E-state index >= 15 is 0 Å². The van der Waals surface area contributed by atoms with Gasteiger partial charge >= 0.3 is 0 Å². The van der Waals surface area contributed by atoms with Crippen molar-refractivity contribution in [1.29, 1.82) is 0 Å². The first-order valence-electron chi connectivity index (χ1n) is 7.10. The molecule has 0 aromatic heterocycles. The predicted molar refractivity (Wildman–Crippen MR) is 74.4 cm³/mol. The van der Waals surface area contributed by atoms with Crippen LogP contribution in [0.4, 0.5) is 14.5 Å². The van der Waals surface area contributed by atoms with Crippen molar-refractivity contribution in [3.63, 3.8) is 0 Å². The van der Waals surface area contributed by atoms with Crippen LogP contribution in [-0.4, -0.2) is 23.4 Å². The van der Waals surface area contributed by atoms with E-state index in [1.807, 2.05) is 0 Å². The summed E-state index contributed by atoms with van der Waals surface area (Å²) in [5.41, 5.74) is 4.82. The molecule has 2 N–H and O–H groups in total. The van der Waals surface area contributed by atoms with Gasteiger partial charge in [0, 0.05) is 12.6 Å². The van der Waals surface area contributed by atoms with Gasteiger partial charge in [-0.15, -0.1) is 0 Å². The van der Waals surface area contributed by atoms with Crippen LogP contribution in [0.15, 0.2) is 12.1 Å². The number of nitrogens with zero attached hydrogens (tertiary/aromatic N) is 1. The third-order valence-corrected chi connectivity index (χ3v) is 3.81. The van der Waals surface area contributed by atoms with Crippen LogP contribution >= 0.6 is 0 Å². The zero-order chi connectivity index (χ0) is 14.7. The number of nitrogen functional groups attached to an aromatic ring is 1. The molecule has 1 amide bonds. The Morgan fingerprint density at radius 1 is 1.40 bits per heavy atom.